The van der Waals surface area contributed by atoms with Gasteiger partial charge in [0.25, 0.3) is 0 Å². The lowest BCUT2D eigenvalue weighted by Gasteiger charge is -2.19. The number of guanidine groups is 1. The molecule has 0 amide bonds. The molecule has 1 aromatic carbocycles. The molecule has 0 spiro atoms. The van der Waals surface area contributed by atoms with Crippen LogP contribution in [0.25, 0.3) is 0 Å². The zero-order valence-electron chi connectivity index (χ0n) is 16.6. The number of nitrogens with zero attached hydrogens (tertiary/aromatic N) is 2. The number of benzene rings is 1. The molecule has 1 aliphatic rings. The SMILES string of the molecule is CCNC(=NCC1CCN(c2cccc(OC)c2)C1)NCCC(C)C.I. The van der Waals surface area contributed by atoms with Crippen molar-refractivity contribution in [2.45, 2.75) is 33.6 Å². The lowest BCUT2D eigenvalue weighted by Crippen LogP contribution is -2.38. The number of hydrogen-bond donors (Lipinski definition) is 2. The highest BCUT2D eigenvalue weighted by atomic mass is 127. The van der Waals surface area contributed by atoms with Crippen molar-refractivity contribution in [1.82, 2.24) is 10.6 Å². The second-order valence-corrected chi connectivity index (χ2v) is 7.13. The molecule has 26 heavy (non-hydrogen) atoms. The number of rotatable bonds is 8. The number of aliphatic imine (C=N–C) groups is 1. The van der Waals surface area contributed by atoms with E-state index >= 15 is 0 Å². The fraction of sp³-hybridized carbons (Fsp3) is 0.650. The number of nitrogens with one attached hydrogen (secondary N) is 2. The molecule has 1 fully saturated rings. The molecule has 0 radical (unpaired) electrons. The molecule has 148 valence electrons. The first-order valence-electron chi connectivity index (χ1n) is 9.53. The minimum Gasteiger partial charge on any atom is -0.497 e. The standard InChI is InChI=1S/C20H34N4O.HI/c1-5-21-20(22-11-9-16(2)3)23-14-17-10-12-24(15-17)18-7-6-8-19(13-18)25-4;/h6-8,13,16-17H,5,9-12,14-15H2,1-4H3,(H2,21,22,23);1H. The average Bonchev–Trinajstić information content (AvgIpc) is 3.08. The topological polar surface area (TPSA) is 48.9 Å². The first-order chi connectivity index (χ1) is 12.1. The second-order valence-electron chi connectivity index (χ2n) is 7.13. The van der Waals surface area contributed by atoms with Crippen LogP contribution in [0.3, 0.4) is 0 Å². The summed E-state index contributed by atoms with van der Waals surface area (Å²) in [5.74, 6) is 3.18. The molecule has 0 aromatic heterocycles. The van der Waals surface area contributed by atoms with Crippen molar-refractivity contribution in [3.8, 4) is 5.75 Å². The minimum atomic E-state index is 0. The Hall–Kier alpha value is -1.18. The molecular formula is C20H35IN4O. The Kier molecular flexibility index (Phi) is 10.8. The molecule has 1 unspecified atom stereocenters. The predicted octanol–water partition coefficient (Wildman–Crippen LogP) is 3.74. The molecule has 0 aliphatic carbocycles. The van der Waals surface area contributed by atoms with E-state index < -0.39 is 0 Å². The highest BCUT2D eigenvalue weighted by Crippen LogP contribution is 2.26. The van der Waals surface area contributed by atoms with Crippen LogP contribution in [0.5, 0.6) is 5.75 Å². The van der Waals surface area contributed by atoms with Crippen molar-refractivity contribution in [2.24, 2.45) is 16.8 Å². The first-order valence-corrected chi connectivity index (χ1v) is 9.53. The van der Waals surface area contributed by atoms with Gasteiger partial charge in [0.15, 0.2) is 5.96 Å². The largest absolute Gasteiger partial charge is 0.497 e. The minimum absolute atomic E-state index is 0. The molecule has 5 nitrogen and oxygen atoms in total. The van der Waals surface area contributed by atoms with E-state index in [4.69, 9.17) is 9.73 Å². The van der Waals surface area contributed by atoms with E-state index in [0.717, 1.165) is 50.9 Å². The molecule has 1 saturated heterocycles. The van der Waals surface area contributed by atoms with Crippen molar-refractivity contribution >= 4 is 35.6 Å². The summed E-state index contributed by atoms with van der Waals surface area (Å²) in [5, 5.41) is 6.79. The van der Waals surface area contributed by atoms with Crippen LogP contribution in [-0.4, -0.2) is 45.8 Å². The van der Waals surface area contributed by atoms with Gasteiger partial charge in [-0.15, -0.1) is 24.0 Å². The van der Waals surface area contributed by atoms with Crippen LogP contribution in [0.1, 0.15) is 33.6 Å². The Morgan fingerprint density at radius 2 is 2.15 bits per heavy atom. The van der Waals surface area contributed by atoms with E-state index in [1.807, 2.05) is 6.07 Å². The third kappa shape index (κ3) is 7.60. The first kappa shape index (κ1) is 22.9. The molecule has 0 saturated carbocycles. The van der Waals surface area contributed by atoms with Gasteiger partial charge in [0.2, 0.25) is 0 Å². The molecule has 1 aromatic rings. The third-order valence-corrected chi connectivity index (χ3v) is 4.57. The maximum absolute atomic E-state index is 5.34. The number of methoxy groups -OCH3 is 1. The molecule has 6 heteroatoms. The summed E-state index contributed by atoms with van der Waals surface area (Å²) in [6, 6.07) is 8.32. The molecule has 2 rings (SSSR count). The quantitative estimate of drug-likeness (QED) is 0.343. The smallest absolute Gasteiger partial charge is 0.191 e. The summed E-state index contributed by atoms with van der Waals surface area (Å²) in [6.45, 7) is 11.5. The maximum atomic E-state index is 5.34. The van der Waals surface area contributed by atoms with Gasteiger partial charge in [-0.1, -0.05) is 19.9 Å². The van der Waals surface area contributed by atoms with Gasteiger partial charge >= 0.3 is 0 Å². The Balaban J connectivity index is 0.00000338. The Labute approximate surface area is 176 Å². The normalized spacial score (nSPS) is 17.2. The van der Waals surface area contributed by atoms with Crippen LogP contribution in [0, 0.1) is 11.8 Å². The van der Waals surface area contributed by atoms with Gasteiger partial charge in [0.1, 0.15) is 5.75 Å². The van der Waals surface area contributed by atoms with Gasteiger partial charge in [-0.3, -0.25) is 4.99 Å². The van der Waals surface area contributed by atoms with Crippen molar-refractivity contribution in [3.05, 3.63) is 24.3 Å². The lowest BCUT2D eigenvalue weighted by molar-refractivity contribution is 0.415. The monoisotopic (exact) mass is 474 g/mol. The number of hydrogen-bond acceptors (Lipinski definition) is 3. The van der Waals surface area contributed by atoms with Crippen LogP contribution < -0.4 is 20.3 Å². The summed E-state index contributed by atoms with van der Waals surface area (Å²) in [7, 11) is 1.72. The van der Waals surface area contributed by atoms with Crippen LogP contribution in [0.4, 0.5) is 5.69 Å². The van der Waals surface area contributed by atoms with Gasteiger partial charge in [0, 0.05) is 44.5 Å². The number of halogens is 1. The van der Waals surface area contributed by atoms with Crippen LogP contribution >= 0.6 is 24.0 Å². The van der Waals surface area contributed by atoms with E-state index in [0.29, 0.717) is 11.8 Å². The Morgan fingerprint density at radius 1 is 1.35 bits per heavy atom. The Morgan fingerprint density at radius 3 is 2.85 bits per heavy atom. The molecular weight excluding hydrogens is 439 g/mol. The summed E-state index contributed by atoms with van der Waals surface area (Å²) in [6.07, 6.45) is 2.35. The molecule has 1 atom stereocenters. The average molecular weight is 474 g/mol. The Bertz CT molecular complexity index is 550. The maximum Gasteiger partial charge on any atom is 0.191 e. The zero-order chi connectivity index (χ0) is 18.1. The molecule has 1 aliphatic heterocycles. The van der Waals surface area contributed by atoms with Crippen LogP contribution in [-0.2, 0) is 0 Å². The summed E-state index contributed by atoms with van der Waals surface area (Å²) < 4.78 is 5.34. The van der Waals surface area contributed by atoms with Crippen molar-refractivity contribution in [3.63, 3.8) is 0 Å². The third-order valence-electron chi connectivity index (χ3n) is 4.57. The van der Waals surface area contributed by atoms with Gasteiger partial charge in [-0.25, -0.2) is 0 Å². The van der Waals surface area contributed by atoms with Gasteiger partial charge in [0.05, 0.1) is 7.11 Å². The van der Waals surface area contributed by atoms with E-state index in [9.17, 15) is 0 Å². The number of ether oxygens (including phenoxy) is 1. The van der Waals surface area contributed by atoms with Gasteiger partial charge in [-0.2, -0.15) is 0 Å². The fourth-order valence-electron chi connectivity index (χ4n) is 3.06. The zero-order valence-corrected chi connectivity index (χ0v) is 19.0. The summed E-state index contributed by atoms with van der Waals surface area (Å²) >= 11 is 0. The van der Waals surface area contributed by atoms with Crippen molar-refractivity contribution < 1.29 is 4.74 Å². The second kappa shape index (κ2) is 12.3. The number of anilines is 1. The highest BCUT2D eigenvalue weighted by Gasteiger charge is 2.22. The van der Waals surface area contributed by atoms with E-state index in [1.165, 1.54) is 12.1 Å². The van der Waals surface area contributed by atoms with E-state index in [-0.39, 0.29) is 24.0 Å². The predicted molar refractivity (Wildman–Crippen MR) is 122 cm³/mol. The molecule has 0 bridgehead atoms. The van der Waals surface area contributed by atoms with Crippen molar-refractivity contribution in [2.75, 3.05) is 44.7 Å². The fourth-order valence-corrected chi connectivity index (χ4v) is 3.06. The van der Waals surface area contributed by atoms with Gasteiger partial charge in [-0.05, 0) is 43.7 Å². The van der Waals surface area contributed by atoms with Crippen LogP contribution in [0.2, 0.25) is 0 Å². The highest BCUT2D eigenvalue weighted by molar-refractivity contribution is 14.0. The van der Waals surface area contributed by atoms with Crippen molar-refractivity contribution in [1.29, 1.82) is 0 Å². The van der Waals surface area contributed by atoms with E-state index in [2.05, 4.69) is 54.5 Å². The summed E-state index contributed by atoms with van der Waals surface area (Å²) in [4.78, 5) is 7.23. The molecule has 1 heterocycles. The van der Waals surface area contributed by atoms with Gasteiger partial charge < -0.3 is 20.3 Å². The van der Waals surface area contributed by atoms with E-state index in [1.54, 1.807) is 7.11 Å². The lowest BCUT2D eigenvalue weighted by atomic mass is 10.1. The summed E-state index contributed by atoms with van der Waals surface area (Å²) in [5.41, 5.74) is 1.24. The van der Waals surface area contributed by atoms with Crippen LogP contribution in [0.15, 0.2) is 29.3 Å². The molecule has 2 N–H and O–H groups in total.